The van der Waals surface area contributed by atoms with Gasteiger partial charge in [-0.1, -0.05) is 28.9 Å². The van der Waals surface area contributed by atoms with E-state index in [0.717, 1.165) is 13.1 Å². The Hall–Kier alpha value is -0.540. The van der Waals surface area contributed by atoms with Crippen LogP contribution in [0.3, 0.4) is 0 Å². The van der Waals surface area contributed by atoms with Gasteiger partial charge in [-0.2, -0.15) is 0 Å². The molecule has 3 heteroatoms. The maximum absolute atomic E-state index is 3.58. The van der Waals surface area contributed by atoms with Crippen molar-refractivity contribution in [3.05, 3.63) is 28.2 Å². The highest BCUT2D eigenvalue weighted by atomic mass is 79.9. The minimum atomic E-state index is 0.661. The summed E-state index contributed by atoms with van der Waals surface area (Å²) in [5.41, 5.74) is 2.96. The number of nitrogens with zero attached hydrogens (tertiary/aromatic N) is 1. The largest absolute Gasteiger partial charge is 0.362 e. The van der Waals surface area contributed by atoms with Gasteiger partial charge in [0.15, 0.2) is 0 Å². The molecule has 0 aromatic heterocycles. The van der Waals surface area contributed by atoms with Crippen LogP contribution in [0.15, 0.2) is 22.7 Å². The van der Waals surface area contributed by atoms with Crippen LogP contribution in [0.2, 0.25) is 0 Å². The Kier molecular flexibility index (Phi) is 2.68. The number of piperazine rings is 1. The molecule has 1 unspecified atom stereocenters. The van der Waals surface area contributed by atoms with Crippen molar-refractivity contribution in [3.8, 4) is 0 Å². The molecule has 1 fully saturated rings. The first-order chi connectivity index (χ1) is 7.79. The SMILES string of the molecule is CCC1CNC[C@H]2Cc3ccc(Br)cc3N12. The van der Waals surface area contributed by atoms with Gasteiger partial charge in [0.25, 0.3) is 0 Å². The molecule has 1 N–H and O–H groups in total. The number of hydrogen-bond acceptors (Lipinski definition) is 2. The third-order valence-electron chi connectivity index (χ3n) is 3.80. The zero-order valence-electron chi connectivity index (χ0n) is 9.54. The van der Waals surface area contributed by atoms with E-state index in [4.69, 9.17) is 0 Å². The van der Waals surface area contributed by atoms with Gasteiger partial charge in [0.05, 0.1) is 0 Å². The fraction of sp³-hybridized carbons (Fsp3) is 0.538. The average molecular weight is 281 g/mol. The highest BCUT2D eigenvalue weighted by Gasteiger charge is 2.35. The van der Waals surface area contributed by atoms with Gasteiger partial charge in [0, 0.05) is 35.3 Å². The predicted octanol–water partition coefficient (Wildman–Crippen LogP) is 2.56. The lowest BCUT2D eigenvalue weighted by Gasteiger charge is -2.40. The molecule has 2 atom stereocenters. The zero-order chi connectivity index (χ0) is 11.1. The van der Waals surface area contributed by atoms with Crippen LogP contribution in [0.1, 0.15) is 18.9 Å². The first-order valence-corrected chi connectivity index (χ1v) is 6.86. The highest BCUT2D eigenvalue weighted by Crippen LogP contribution is 2.37. The lowest BCUT2D eigenvalue weighted by Crippen LogP contribution is -2.55. The number of fused-ring (bicyclic) bond motifs is 3. The molecule has 0 radical (unpaired) electrons. The quantitative estimate of drug-likeness (QED) is 0.851. The molecule has 1 aromatic rings. The summed E-state index contributed by atoms with van der Waals surface area (Å²) in [5.74, 6) is 0. The first kappa shape index (κ1) is 10.6. The summed E-state index contributed by atoms with van der Waals surface area (Å²) >= 11 is 3.58. The summed E-state index contributed by atoms with van der Waals surface area (Å²) in [4.78, 5) is 2.64. The molecule has 2 aliphatic heterocycles. The highest BCUT2D eigenvalue weighted by molar-refractivity contribution is 9.10. The number of rotatable bonds is 1. The van der Waals surface area contributed by atoms with Gasteiger partial charge in [0.1, 0.15) is 0 Å². The van der Waals surface area contributed by atoms with Crippen molar-refractivity contribution in [3.63, 3.8) is 0 Å². The molecule has 2 nitrogen and oxygen atoms in total. The number of hydrogen-bond donors (Lipinski definition) is 1. The van der Waals surface area contributed by atoms with Crippen molar-refractivity contribution >= 4 is 21.6 Å². The van der Waals surface area contributed by atoms with E-state index >= 15 is 0 Å². The Morgan fingerprint density at radius 2 is 2.31 bits per heavy atom. The second kappa shape index (κ2) is 4.04. The number of benzene rings is 1. The minimum Gasteiger partial charge on any atom is -0.362 e. The van der Waals surface area contributed by atoms with E-state index in [-0.39, 0.29) is 0 Å². The summed E-state index contributed by atoms with van der Waals surface area (Å²) in [5, 5.41) is 3.55. The van der Waals surface area contributed by atoms with E-state index in [9.17, 15) is 0 Å². The van der Waals surface area contributed by atoms with Crippen molar-refractivity contribution in [2.75, 3.05) is 18.0 Å². The van der Waals surface area contributed by atoms with E-state index in [2.05, 4.69) is 51.3 Å². The molecule has 0 spiro atoms. The van der Waals surface area contributed by atoms with E-state index < -0.39 is 0 Å². The van der Waals surface area contributed by atoms with Crippen LogP contribution in [-0.2, 0) is 6.42 Å². The van der Waals surface area contributed by atoms with Gasteiger partial charge in [-0.15, -0.1) is 0 Å². The summed E-state index contributed by atoms with van der Waals surface area (Å²) in [6.07, 6.45) is 2.42. The van der Waals surface area contributed by atoms with Crippen molar-refractivity contribution < 1.29 is 0 Å². The van der Waals surface area contributed by atoms with E-state index in [1.165, 1.54) is 28.6 Å². The van der Waals surface area contributed by atoms with Crippen LogP contribution >= 0.6 is 15.9 Å². The second-order valence-electron chi connectivity index (χ2n) is 4.76. The molecule has 1 saturated heterocycles. The van der Waals surface area contributed by atoms with Crippen LogP contribution in [0.25, 0.3) is 0 Å². The van der Waals surface area contributed by atoms with Crippen molar-refractivity contribution in [1.82, 2.24) is 5.32 Å². The third kappa shape index (κ3) is 1.57. The maximum atomic E-state index is 3.58. The van der Waals surface area contributed by atoms with Gasteiger partial charge in [-0.3, -0.25) is 0 Å². The minimum absolute atomic E-state index is 0.661. The zero-order valence-corrected chi connectivity index (χ0v) is 11.1. The first-order valence-electron chi connectivity index (χ1n) is 6.07. The Morgan fingerprint density at radius 3 is 3.12 bits per heavy atom. The molecular weight excluding hydrogens is 264 g/mol. The molecule has 2 aliphatic rings. The molecule has 2 heterocycles. The van der Waals surface area contributed by atoms with Crippen molar-refractivity contribution in [2.24, 2.45) is 0 Å². The van der Waals surface area contributed by atoms with Gasteiger partial charge < -0.3 is 10.2 Å². The van der Waals surface area contributed by atoms with Gasteiger partial charge >= 0.3 is 0 Å². The molecule has 3 rings (SSSR count). The normalized spacial score (nSPS) is 27.8. The van der Waals surface area contributed by atoms with Gasteiger partial charge in [-0.05, 0) is 30.5 Å². The molecule has 86 valence electrons. The Morgan fingerprint density at radius 1 is 1.44 bits per heavy atom. The molecule has 16 heavy (non-hydrogen) atoms. The topological polar surface area (TPSA) is 15.3 Å². The average Bonchev–Trinajstić information content (AvgIpc) is 2.66. The smallest absolute Gasteiger partial charge is 0.0459 e. The monoisotopic (exact) mass is 280 g/mol. The standard InChI is InChI=1S/C13H17BrN2/c1-2-11-7-15-8-12-5-9-3-4-10(14)6-13(9)16(11)12/h3-4,6,11-12,15H,2,5,7-8H2,1H3/t11?,12-/m1/s1. The molecule has 0 bridgehead atoms. The Labute approximate surface area is 105 Å². The van der Waals surface area contributed by atoms with Crippen LogP contribution < -0.4 is 10.2 Å². The maximum Gasteiger partial charge on any atom is 0.0459 e. The molecular formula is C13H17BrN2. The lowest BCUT2D eigenvalue weighted by molar-refractivity contribution is 0.405. The summed E-state index contributed by atoms with van der Waals surface area (Å²) < 4.78 is 1.19. The number of nitrogens with one attached hydrogen (secondary N) is 1. The fourth-order valence-corrected chi connectivity index (χ4v) is 3.37. The summed E-state index contributed by atoms with van der Waals surface area (Å²) in [7, 11) is 0. The van der Waals surface area contributed by atoms with Gasteiger partial charge in [0.2, 0.25) is 0 Å². The Bertz CT molecular complexity index is 399. The van der Waals surface area contributed by atoms with Crippen LogP contribution in [0.5, 0.6) is 0 Å². The molecule has 0 amide bonds. The number of halogens is 1. The van der Waals surface area contributed by atoms with Gasteiger partial charge in [-0.25, -0.2) is 0 Å². The number of anilines is 1. The van der Waals surface area contributed by atoms with E-state index in [1.54, 1.807) is 0 Å². The summed E-state index contributed by atoms with van der Waals surface area (Å²) in [6.45, 7) is 4.53. The summed E-state index contributed by atoms with van der Waals surface area (Å²) in [6, 6.07) is 8.04. The molecule has 1 aromatic carbocycles. The molecule has 0 aliphatic carbocycles. The fourth-order valence-electron chi connectivity index (χ4n) is 3.02. The predicted molar refractivity (Wildman–Crippen MR) is 71.1 cm³/mol. The van der Waals surface area contributed by atoms with Crippen molar-refractivity contribution in [2.45, 2.75) is 31.8 Å². The second-order valence-corrected chi connectivity index (χ2v) is 5.67. The van der Waals surface area contributed by atoms with E-state index in [1.807, 2.05) is 0 Å². The van der Waals surface area contributed by atoms with Crippen LogP contribution in [0, 0.1) is 0 Å². The van der Waals surface area contributed by atoms with Crippen molar-refractivity contribution in [1.29, 1.82) is 0 Å². The molecule has 0 saturated carbocycles. The van der Waals surface area contributed by atoms with Crippen LogP contribution in [-0.4, -0.2) is 25.2 Å². The third-order valence-corrected chi connectivity index (χ3v) is 4.29. The Balaban J connectivity index is 2.01. The van der Waals surface area contributed by atoms with Crippen LogP contribution in [0.4, 0.5) is 5.69 Å². The lowest BCUT2D eigenvalue weighted by atomic mass is 10.1. The van der Waals surface area contributed by atoms with E-state index in [0.29, 0.717) is 12.1 Å².